The average Bonchev–Trinajstić information content (AvgIpc) is 2.98. The van der Waals surface area contributed by atoms with Crippen LogP contribution in [0.2, 0.25) is 0 Å². The standard InChI is InChI=1S/C18H25NO7S/c1-4-12(2)19(13-7-8-27(23,24)11-13)17(21)10-26-18(22)15-6-5-14(25-3)9-16(15)20/h5-6,9,12-13,20H,4,7-8,10-11H2,1-3H3/t12-,13-/m1/s1. The fourth-order valence-electron chi connectivity index (χ4n) is 3.09. The number of amides is 1. The van der Waals surface area contributed by atoms with Crippen molar-refractivity contribution < 1.29 is 32.6 Å². The Morgan fingerprint density at radius 1 is 1.37 bits per heavy atom. The van der Waals surface area contributed by atoms with Gasteiger partial charge in [0.2, 0.25) is 0 Å². The maximum atomic E-state index is 12.6. The van der Waals surface area contributed by atoms with E-state index in [4.69, 9.17) is 9.47 Å². The summed E-state index contributed by atoms with van der Waals surface area (Å²) in [5.74, 6) is -1.24. The molecule has 1 heterocycles. The van der Waals surface area contributed by atoms with Crippen LogP contribution in [0.25, 0.3) is 0 Å². The van der Waals surface area contributed by atoms with Gasteiger partial charge in [-0.15, -0.1) is 0 Å². The molecule has 1 fully saturated rings. The Labute approximate surface area is 159 Å². The Balaban J connectivity index is 2.06. The van der Waals surface area contributed by atoms with Crippen LogP contribution in [0.15, 0.2) is 18.2 Å². The summed E-state index contributed by atoms with van der Waals surface area (Å²) in [6, 6.07) is 3.52. The first-order valence-electron chi connectivity index (χ1n) is 8.74. The van der Waals surface area contributed by atoms with Crippen molar-refractivity contribution >= 4 is 21.7 Å². The van der Waals surface area contributed by atoms with E-state index in [0.717, 1.165) is 0 Å². The summed E-state index contributed by atoms with van der Waals surface area (Å²) in [6.07, 6.45) is 1.03. The number of carbonyl (C=O) groups excluding carboxylic acids is 2. The Hall–Kier alpha value is -2.29. The number of benzene rings is 1. The molecule has 2 rings (SSSR count). The molecule has 2 atom stereocenters. The molecule has 1 saturated heterocycles. The molecule has 0 saturated carbocycles. The number of phenolic OH excluding ortho intramolecular Hbond substituents is 1. The second kappa shape index (κ2) is 8.60. The van der Waals surface area contributed by atoms with Crippen LogP contribution in [-0.4, -0.2) is 67.6 Å². The minimum Gasteiger partial charge on any atom is -0.507 e. The molecule has 1 amide bonds. The maximum absolute atomic E-state index is 12.6. The lowest BCUT2D eigenvalue weighted by Gasteiger charge is -2.33. The third kappa shape index (κ3) is 5.12. The number of carbonyl (C=O) groups is 2. The van der Waals surface area contributed by atoms with Gasteiger partial charge in [0.15, 0.2) is 16.4 Å². The van der Waals surface area contributed by atoms with Gasteiger partial charge in [0.1, 0.15) is 17.1 Å². The van der Waals surface area contributed by atoms with Crippen molar-refractivity contribution in [3.05, 3.63) is 23.8 Å². The van der Waals surface area contributed by atoms with Gasteiger partial charge >= 0.3 is 5.97 Å². The molecule has 0 aliphatic carbocycles. The smallest absolute Gasteiger partial charge is 0.342 e. The quantitative estimate of drug-likeness (QED) is 0.690. The van der Waals surface area contributed by atoms with E-state index in [9.17, 15) is 23.1 Å². The van der Waals surface area contributed by atoms with Gasteiger partial charge in [0.25, 0.3) is 5.91 Å². The van der Waals surface area contributed by atoms with Crippen LogP contribution in [0.5, 0.6) is 11.5 Å². The number of aromatic hydroxyl groups is 1. The van der Waals surface area contributed by atoms with E-state index in [1.807, 2.05) is 13.8 Å². The van der Waals surface area contributed by atoms with E-state index in [2.05, 4.69) is 0 Å². The number of hydrogen-bond donors (Lipinski definition) is 1. The molecule has 1 aromatic carbocycles. The molecule has 0 spiro atoms. The highest BCUT2D eigenvalue weighted by atomic mass is 32.2. The Bertz CT molecular complexity index is 806. The zero-order valence-electron chi connectivity index (χ0n) is 15.7. The van der Waals surface area contributed by atoms with Gasteiger partial charge in [-0.3, -0.25) is 4.79 Å². The second-order valence-corrected chi connectivity index (χ2v) is 8.80. The van der Waals surface area contributed by atoms with E-state index in [1.165, 1.54) is 30.2 Å². The first-order chi connectivity index (χ1) is 12.7. The van der Waals surface area contributed by atoms with Crippen molar-refractivity contribution in [3.63, 3.8) is 0 Å². The number of methoxy groups -OCH3 is 1. The number of esters is 1. The molecule has 8 nitrogen and oxygen atoms in total. The van der Waals surface area contributed by atoms with Crippen molar-refractivity contribution in [2.24, 2.45) is 0 Å². The second-order valence-electron chi connectivity index (χ2n) is 6.57. The van der Waals surface area contributed by atoms with Gasteiger partial charge in [-0.05, 0) is 31.9 Å². The summed E-state index contributed by atoms with van der Waals surface area (Å²) in [6.45, 7) is 3.21. The fraction of sp³-hybridized carbons (Fsp3) is 0.556. The van der Waals surface area contributed by atoms with Gasteiger partial charge in [-0.2, -0.15) is 0 Å². The largest absolute Gasteiger partial charge is 0.507 e. The van der Waals surface area contributed by atoms with Crippen LogP contribution in [0, 0.1) is 0 Å². The Morgan fingerprint density at radius 2 is 2.07 bits per heavy atom. The van der Waals surface area contributed by atoms with Crippen LogP contribution in [-0.2, 0) is 19.4 Å². The third-order valence-electron chi connectivity index (χ3n) is 4.71. The highest BCUT2D eigenvalue weighted by Crippen LogP contribution is 2.25. The topological polar surface area (TPSA) is 110 Å². The first kappa shape index (κ1) is 21.0. The van der Waals surface area contributed by atoms with Gasteiger partial charge in [0.05, 0.1) is 18.6 Å². The first-order valence-corrected chi connectivity index (χ1v) is 10.6. The Morgan fingerprint density at radius 3 is 2.59 bits per heavy atom. The van der Waals surface area contributed by atoms with Gasteiger partial charge in [-0.1, -0.05) is 6.92 Å². The molecule has 9 heteroatoms. The summed E-state index contributed by atoms with van der Waals surface area (Å²) < 4.78 is 33.5. The van der Waals surface area contributed by atoms with Crippen LogP contribution in [0.4, 0.5) is 0 Å². The molecule has 1 aliphatic rings. The highest BCUT2D eigenvalue weighted by molar-refractivity contribution is 7.91. The molecular formula is C18H25NO7S. The van der Waals surface area contributed by atoms with Gasteiger partial charge < -0.3 is 19.5 Å². The van der Waals surface area contributed by atoms with E-state index in [-0.39, 0.29) is 28.9 Å². The number of ether oxygens (including phenoxy) is 2. The van der Waals surface area contributed by atoms with Crippen molar-refractivity contribution in [1.82, 2.24) is 4.90 Å². The summed E-state index contributed by atoms with van der Waals surface area (Å²) in [4.78, 5) is 26.3. The predicted molar refractivity (Wildman–Crippen MR) is 98.6 cm³/mol. The number of phenols is 1. The van der Waals surface area contributed by atoms with Crippen LogP contribution >= 0.6 is 0 Å². The number of rotatable bonds is 7. The number of sulfone groups is 1. The third-order valence-corrected chi connectivity index (χ3v) is 6.46. The molecule has 0 aromatic heterocycles. The van der Waals surface area contributed by atoms with Crippen LogP contribution in [0.1, 0.15) is 37.0 Å². The lowest BCUT2D eigenvalue weighted by Crippen LogP contribution is -2.48. The molecule has 0 radical (unpaired) electrons. The SMILES string of the molecule is CC[C@@H](C)N(C(=O)COC(=O)c1ccc(OC)cc1O)[C@@H]1CCS(=O)(=O)C1. The molecule has 0 unspecified atom stereocenters. The van der Waals surface area contributed by atoms with Crippen molar-refractivity contribution in [1.29, 1.82) is 0 Å². The zero-order chi connectivity index (χ0) is 20.2. The maximum Gasteiger partial charge on any atom is 0.342 e. The fourth-order valence-corrected chi connectivity index (χ4v) is 4.80. The monoisotopic (exact) mass is 399 g/mol. The van der Waals surface area contributed by atoms with Gasteiger partial charge in [0, 0.05) is 18.2 Å². The van der Waals surface area contributed by atoms with E-state index in [1.54, 1.807) is 0 Å². The van der Waals surface area contributed by atoms with E-state index in [0.29, 0.717) is 18.6 Å². The highest BCUT2D eigenvalue weighted by Gasteiger charge is 2.36. The molecule has 27 heavy (non-hydrogen) atoms. The van der Waals surface area contributed by atoms with Crippen LogP contribution in [0.3, 0.4) is 0 Å². The summed E-state index contributed by atoms with van der Waals surface area (Å²) in [5.41, 5.74) is -0.0814. The van der Waals surface area contributed by atoms with E-state index >= 15 is 0 Å². The number of nitrogens with zero attached hydrogens (tertiary/aromatic N) is 1. The van der Waals surface area contributed by atoms with Crippen molar-refractivity contribution in [3.8, 4) is 11.5 Å². The lowest BCUT2D eigenvalue weighted by atomic mass is 10.1. The molecule has 1 aliphatic heterocycles. The molecule has 150 valence electrons. The molecule has 1 aromatic rings. The van der Waals surface area contributed by atoms with Crippen molar-refractivity contribution in [2.45, 2.75) is 38.8 Å². The normalized spacial score (nSPS) is 19.3. The van der Waals surface area contributed by atoms with E-state index < -0.39 is 34.4 Å². The summed E-state index contributed by atoms with van der Waals surface area (Å²) in [5, 5.41) is 9.88. The molecule has 1 N–H and O–H groups in total. The summed E-state index contributed by atoms with van der Waals surface area (Å²) >= 11 is 0. The van der Waals surface area contributed by atoms with Crippen molar-refractivity contribution in [2.75, 3.05) is 25.2 Å². The van der Waals surface area contributed by atoms with Gasteiger partial charge in [-0.25, -0.2) is 13.2 Å². The predicted octanol–water partition coefficient (Wildman–Crippen LogP) is 1.37. The average molecular weight is 399 g/mol. The minimum atomic E-state index is -3.15. The Kier molecular flexibility index (Phi) is 6.69. The summed E-state index contributed by atoms with van der Waals surface area (Å²) in [7, 11) is -1.72. The molecular weight excluding hydrogens is 374 g/mol. The lowest BCUT2D eigenvalue weighted by molar-refractivity contribution is -0.138. The van der Waals surface area contributed by atoms with Crippen LogP contribution < -0.4 is 4.74 Å². The minimum absolute atomic E-state index is 0.0530. The molecule has 0 bridgehead atoms. The number of hydrogen-bond acceptors (Lipinski definition) is 7. The zero-order valence-corrected chi connectivity index (χ0v) is 16.5.